The van der Waals surface area contributed by atoms with Crippen LogP contribution < -0.4 is 14.9 Å². The van der Waals surface area contributed by atoms with Gasteiger partial charge in [0.1, 0.15) is 11.6 Å². The number of para-hydroxylation sites is 1. The van der Waals surface area contributed by atoms with E-state index < -0.39 is 11.0 Å². The van der Waals surface area contributed by atoms with E-state index in [9.17, 15) is 23.7 Å². The molecule has 1 atom stereocenters. The molecule has 194 valence electrons. The third-order valence-electron chi connectivity index (χ3n) is 6.95. The molecule has 0 saturated carbocycles. The fourth-order valence-electron chi connectivity index (χ4n) is 5.18. The lowest BCUT2D eigenvalue weighted by Crippen LogP contribution is -2.39. The number of thiazole rings is 1. The van der Waals surface area contributed by atoms with Crippen molar-refractivity contribution in [1.29, 1.82) is 0 Å². The molecule has 6 nitrogen and oxygen atoms in total. The van der Waals surface area contributed by atoms with E-state index in [0.717, 1.165) is 40.8 Å². The van der Waals surface area contributed by atoms with Crippen LogP contribution in [0.5, 0.6) is 0 Å². The first kappa shape index (κ1) is 24.8. The van der Waals surface area contributed by atoms with E-state index in [1.807, 2.05) is 6.08 Å². The minimum absolute atomic E-state index is 0.0952. The molecule has 0 amide bonds. The molecule has 6 rings (SSSR count). The number of aromatic nitrogens is 1. The van der Waals surface area contributed by atoms with Crippen molar-refractivity contribution in [1.82, 2.24) is 4.57 Å². The molecule has 0 unspecified atom stereocenters. The highest BCUT2D eigenvalue weighted by Gasteiger charge is 2.32. The minimum atomic E-state index is -0.498. The van der Waals surface area contributed by atoms with Crippen LogP contribution >= 0.6 is 11.3 Å². The van der Waals surface area contributed by atoms with Crippen molar-refractivity contribution in [3.05, 3.63) is 148 Å². The van der Waals surface area contributed by atoms with Crippen molar-refractivity contribution in [2.24, 2.45) is 4.99 Å². The van der Waals surface area contributed by atoms with Gasteiger partial charge in [0.05, 0.1) is 26.8 Å². The van der Waals surface area contributed by atoms with Crippen molar-refractivity contribution in [2.45, 2.75) is 25.3 Å². The number of fused-ring (bicyclic) bond motifs is 1. The third kappa shape index (κ3) is 4.66. The van der Waals surface area contributed by atoms with Gasteiger partial charge in [0.15, 0.2) is 4.80 Å². The van der Waals surface area contributed by atoms with E-state index in [0.29, 0.717) is 21.3 Å². The molecule has 2 aliphatic rings. The smallest absolute Gasteiger partial charge is 0.272 e. The van der Waals surface area contributed by atoms with Gasteiger partial charge in [0, 0.05) is 6.07 Å². The van der Waals surface area contributed by atoms with Crippen molar-refractivity contribution in [3.8, 4) is 0 Å². The molecule has 0 N–H and O–H groups in total. The van der Waals surface area contributed by atoms with Gasteiger partial charge in [-0.25, -0.2) is 13.8 Å². The molecule has 9 heteroatoms. The summed E-state index contributed by atoms with van der Waals surface area (Å²) in [5.41, 5.74) is 4.21. The van der Waals surface area contributed by atoms with Crippen LogP contribution in [0.15, 0.2) is 99.4 Å². The molecule has 1 aliphatic heterocycles. The fraction of sp³-hybridized carbons (Fsp3) is 0.133. The monoisotopic (exact) mass is 541 g/mol. The molecule has 4 aromatic rings. The number of nitro benzene ring substituents is 1. The van der Waals surface area contributed by atoms with Gasteiger partial charge in [-0.15, -0.1) is 0 Å². The summed E-state index contributed by atoms with van der Waals surface area (Å²) in [5.74, 6) is -0.693. The number of benzene rings is 3. The van der Waals surface area contributed by atoms with Gasteiger partial charge < -0.3 is 0 Å². The summed E-state index contributed by atoms with van der Waals surface area (Å²) in [7, 11) is 0. The van der Waals surface area contributed by atoms with E-state index in [-0.39, 0.29) is 22.9 Å². The number of hydrogen-bond donors (Lipinski definition) is 0. The lowest BCUT2D eigenvalue weighted by molar-refractivity contribution is -0.385. The van der Waals surface area contributed by atoms with Crippen molar-refractivity contribution in [2.75, 3.05) is 0 Å². The molecule has 1 aliphatic carbocycles. The van der Waals surface area contributed by atoms with Crippen LogP contribution in [0.2, 0.25) is 0 Å². The molecule has 0 bridgehead atoms. The van der Waals surface area contributed by atoms with Crippen LogP contribution in [0.25, 0.3) is 12.2 Å². The van der Waals surface area contributed by atoms with E-state index >= 15 is 0 Å². The molecule has 0 radical (unpaired) electrons. The topological polar surface area (TPSA) is 77.5 Å². The second kappa shape index (κ2) is 9.99. The highest BCUT2D eigenvalue weighted by molar-refractivity contribution is 7.07. The standard InChI is InChI=1S/C30H21F2N3O3S/c31-22-12-8-18(9-13-22)16-21-5-3-6-24-27(21)33-30-34(28(24)19-10-14-23(32)15-11-19)29(36)26(39-30)17-20-4-1-2-7-25(20)35(37)38/h1-2,4,7-17,28H,3,5-6H2/b21-16-,26-17+/t28-/m0/s1. The normalized spacial score (nSPS) is 18.1. The molecule has 3 aromatic carbocycles. The van der Waals surface area contributed by atoms with Gasteiger partial charge in [-0.2, -0.15) is 0 Å². The predicted molar refractivity (Wildman–Crippen MR) is 146 cm³/mol. The summed E-state index contributed by atoms with van der Waals surface area (Å²) in [4.78, 5) is 30.3. The Balaban J connectivity index is 1.58. The number of halogens is 2. The number of nitro groups is 1. The zero-order chi connectivity index (χ0) is 27.1. The molecule has 0 spiro atoms. The zero-order valence-electron chi connectivity index (χ0n) is 20.5. The van der Waals surface area contributed by atoms with Crippen molar-refractivity contribution < 1.29 is 13.7 Å². The molecule has 0 fully saturated rings. The average Bonchev–Trinajstić information content (AvgIpc) is 3.24. The first-order valence-corrected chi connectivity index (χ1v) is 13.2. The molecule has 1 aromatic heterocycles. The molecular weight excluding hydrogens is 520 g/mol. The third-order valence-corrected chi connectivity index (χ3v) is 7.93. The van der Waals surface area contributed by atoms with Crippen molar-refractivity contribution in [3.63, 3.8) is 0 Å². The van der Waals surface area contributed by atoms with Crippen LogP contribution in [-0.2, 0) is 0 Å². The van der Waals surface area contributed by atoms with Crippen LogP contribution in [0.4, 0.5) is 14.5 Å². The average molecular weight is 542 g/mol. The van der Waals surface area contributed by atoms with Crippen LogP contribution in [0.1, 0.15) is 42.0 Å². The second-order valence-corrected chi connectivity index (χ2v) is 10.4. The Labute approximate surface area is 225 Å². The van der Waals surface area contributed by atoms with Gasteiger partial charge in [0.25, 0.3) is 11.2 Å². The first-order chi connectivity index (χ1) is 18.9. The van der Waals surface area contributed by atoms with Gasteiger partial charge in [-0.3, -0.25) is 19.5 Å². The van der Waals surface area contributed by atoms with E-state index in [4.69, 9.17) is 4.99 Å². The number of hydrogen-bond acceptors (Lipinski definition) is 5. The van der Waals surface area contributed by atoms with Crippen LogP contribution in [-0.4, -0.2) is 9.49 Å². The lowest BCUT2D eigenvalue weighted by atomic mass is 9.84. The summed E-state index contributed by atoms with van der Waals surface area (Å²) in [6, 6.07) is 18.1. The first-order valence-electron chi connectivity index (χ1n) is 12.4. The molecule has 0 saturated heterocycles. The summed E-state index contributed by atoms with van der Waals surface area (Å²) in [6.07, 6.45) is 5.82. The summed E-state index contributed by atoms with van der Waals surface area (Å²) >= 11 is 1.17. The summed E-state index contributed by atoms with van der Waals surface area (Å²) < 4.78 is 29.3. The van der Waals surface area contributed by atoms with Crippen LogP contribution in [0, 0.1) is 21.7 Å². The van der Waals surface area contributed by atoms with E-state index in [1.165, 1.54) is 47.7 Å². The Morgan fingerprint density at radius 2 is 1.64 bits per heavy atom. The predicted octanol–water partition coefficient (Wildman–Crippen LogP) is 5.67. The maximum Gasteiger partial charge on any atom is 0.276 e. The summed E-state index contributed by atoms with van der Waals surface area (Å²) in [6.45, 7) is 0. The Bertz CT molecular complexity index is 1850. The quantitative estimate of drug-likeness (QED) is 0.247. The fourth-order valence-corrected chi connectivity index (χ4v) is 6.17. The maximum absolute atomic E-state index is 13.9. The zero-order valence-corrected chi connectivity index (χ0v) is 21.3. The maximum atomic E-state index is 13.9. The van der Waals surface area contributed by atoms with Gasteiger partial charge in [0.2, 0.25) is 0 Å². The summed E-state index contributed by atoms with van der Waals surface area (Å²) in [5, 5.41) is 11.6. The Hall–Kier alpha value is -4.50. The Kier molecular flexibility index (Phi) is 6.36. The van der Waals surface area contributed by atoms with Gasteiger partial charge in [-0.1, -0.05) is 47.7 Å². The SMILES string of the molecule is O=c1/c(=C\c2ccccc2[N+](=O)[O-])sc2n1[C@@H](c1ccc(F)cc1)C1=C(N=2)/C(=C\c2ccc(F)cc2)CCC1. The number of allylic oxidation sites excluding steroid dienone is 2. The second-order valence-electron chi connectivity index (χ2n) is 9.40. The van der Waals surface area contributed by atoms with E-state index in [2.05, 4.69) is 0 Å². The Morgan fingerprint density at radius 3 is 2.36 bits per heavy atom. The lowest BCUT2D eigenvalue weighted by Gasteiger charge is -2.31. The van der Waals surface area contributed by atoms with Crippen molar-refractivity contribution >= 4 is 29.2 Å². The number of nitrogens with zero attached hydrogens (tertiary/aromatic N) is 3. The van der Waals surface area contributed by atoms with E-state index in [1.54, 1.807) is 47.0 Å². The molecule has 39 heavy (non-hydrogen) atoms. The Morgan fingerprint density at radius 1 is 0.949 bits per heavy atom. The van der Waals surface area contributed by atoms with Gasteiger partial charge in [-0.05, 0) is 84.0 Å². The molecular formula is C30H21F2N3O3S. The number of rotatable bonds is 4. The highest BCUT2D eigenvalue weighted by atomic mass is 32.1. The minimum Gasteiger partial charge on any atom is -0.272 e. The molecule has 2 heterocycles. The van der Waals surface area contributed by atoms with Crippen LogP contribution in [0.3, 0.4) is 0 Å². The largest absolute Gasteiger partial charge is 0.276 e. The van der Waals surface area contributed by atoms with Gasteiger partial charge >= 0.3 is 0 Å². The highest BCUT2D eigenvalue weighted by Crippen LogP contribution is 2.41.